The number of aldehydes is 1. The SMILES string of the molecule is C/C(C=O)=C\c1cccc(C#N)c1. The first-order valence-electron chi connectivity index (χ1n) is 3.90. The van der Waals surface area contributed by atoms with Gasteiger partial charge in [-0.25, -0.2) is 0 Å². The van der Waals surface area contributed by atoms with Crippen molar-refractivity contribution >= 4 is 12.4 Å². The molecule has 0 aliphatic heterocycles. The van der Waals surface area contributed by atoms with Crippen molar-refractivity contribution in [1.29, 1.82) is 5.26 Å². The van der Waals surface area contributed by atoms with Gasteiger partial charge in [0.15, 0.2) is 0 Å². The van der Waals surface area contributed by atoms with Gasteiger partial charge >= 0.3 is 0 Å². The molecule has 0 N–H and O–H groups in total. The smallest absolute Gasteiger partial charge is 0.145 e. The average molecular weight is 171 g/mol. The van der Waals surface area contributed by atoms with E-state index in [1.54, 1.807) is 31.2 Å². The minimum atomic E-state index is 0.604. The van der Waals surface area contributed by atoms with Crippen LogP contribution < -0.4 is 0 Å². The van der Waals surface area contributed by atoms with Gasteiger partial charge in [0.2, 0.25) is 0 Å². The third-order valence-electron chi connectivity index (χ3n) is 1.60. The fourth-order valence-electron chi connectivity index (χ4n) is 0.995. The van der Waals surface area contributed by atoms with Crippen LogP contribution in [0.15, 0.2) is 29.8 Å². The standard InChI is InChI=1S/C11H9NO/c1-9(8-13)5-10-3-2-4-11(6-10)7-12/h2-6,8H,1H3/b9-5+. The van der Waals surface area contributed by atoms with Gasteiger partial charge in [-0.2, -0.15) is 5.26 Å². The van der Waals surface area contributed by atoms with E-state index >= 15 is 0 Å². The molecule has 0 amide bonds. The van der Waals surface area contributed by atoms with Gasteiger partial charge < -0.3 is 0 Å². The molecule has 0 spiro atoms. The number of hydrogen-bond acceptors (Lipinski definition) is 2. The van der Waals surface area contributed by atoms with Gasteiger partial charge in [-0.15, -0.1) is 0 Å². The summed E-state index contributed by atoms with van der Waals surface area (Å²) in [4.78, 5) is 10.3. The van der Waals surface area contributed by atoms with Crippen LogP contribution in [0, 0.1) is 11.3 Å². The highest BCUT2D eigenvalue weighted by atomic mass is 16.1. The number of rotatable bonds is 2. The fraction of sp³-hybridized carbons (Fsp3) is 0.0909. The summed E-state index contributed by atoms with van der Waals surface area (Å²) >= 11 is 0. The Morgan fingerprint density at radius 3 is 2.92 bits per heavy atom. The summed E-state index contributed by atoms with van der Waals surface area (Å²) in [6, 6.07) is 9.16. The lowest BCUT2D eigenvalue weighted by atomic mass is 10.1. The highest BCUT2D eigenvalue weighted by Crippen LogP contribution is 2.07. The second-order valence-corrected chi connectivity index (χ2v) is 2.74. The van der Waals surface area contributed by atoms with Gasteiger partial charge in [0, 0.05) is 0 Å². The van der Waals surface area contributed by atoms with Gasteiger partial charge in [0.05, 0.1) is 11.6 Å². The summed E-state index contributed by atoms with van der Waals surface area (Å²) in [6.07, 6.45) is 2.53. The summed E-state index contributed by atoms with van der Waals surface area (Å²) < 4.78 is 0. The molecule has 0 unspecified atom stereocenters. The summed E-state index contributed by atoms with van der Waals surface area (Å²) in [6.45, 7) is 1.73. The molecule has 13 heavy (non-hydrogen) atoms. The maximum absolute atomic E-state index is 10.3. The van der Waals surface area contributed by atoms with E-state index in [9.17, 15) is 4.79 Å². The third-order valence-corrected chi connectivity index (χ3v) is 1.60. The first-order chi connectivity index (χ1) is 6.26. The van der Waals surface area contributed by atoms with E-state index in [1.165, 1.54) is 0 Å². The maximum Gasteiger partial charge on any atom is 0.145 e. The predicted octanol–water partition coefficient (Wildman–Crippen LogP) is 2.16. The normalized spacial score (nSPS) is 10.6. The minimum Gasteiger partial charge on any atom is -0.298 e. The lowest BCUT2D eigenvalue weighted by Crippen LogP contribution is -1.79. The topological polar surface area (TPSA) is 40.9 Å². The van der Waals surface area contributed by atoms with Crippen molar-refractivity contribution in [3.63, 3.8) is 0 Å². The molecular formula is C11H9NO. The molecule has 1 rings (SSSR count). The number of benzene rings is 1. The number of hydrogen-bond donors (Lipinski definition) is 0. The van der Waals surface area contributed by atoms with Gasteiger partial charge in [-0.1, -0.05) is 12.1 Å². The van der Waals surface area contributed by atoms with Crippen LogP contribution in [0.5, 0.6) is 0 Å². The molecule has 0 atom stereocenters. The van der Waals surface area contributed by atoms with E-state index in [2.05, 4.69) is 0 Å². The van der Waals surface area contributed by atoms with Crippen LogP contribution in [-0.2, 0) is 4.79 Å². The van der Waals surface area contributed by atoms with E-state index in [1.807, 2.05) is 12.1 Å². The van der Waals surface area contributed by atoms with Gasteiger partial charge in [-0.05, 0) is 36.3 Å². The zero-order valence-electron chi connectivity index (χ0n) is 7.32. The zero-order chi connectivity index (χ0) is 9.68. The molecule has 0 bridgehead atoms. The Morgan fingerprint density at radius 1 is 1.54 bits per heavy atom. The van der Waals surface area contributed by atoms with Crippen molar-refractivity contribution < 1.29 is 4.79 Å². The molecule has 2 heteroatoms. The monoisotopic (exact) mass is 171 g/mol. The van der Waals surface area contributed by atoms with Gasteiger partial charge in [-0.3, -0.25) is 4.79 Å². The molecule has 0 heterocycles. The van der Waals surface area contributed by atoms with Crippen molar-refractivity contribution in [3.8, 4) is 6.07 Å². The van der Waals surface area contributed by atoms with E-state index in [0.717, 1.165) is 11.8 Å². The van der Waals surface area contributed by atoms with Crippen molar-refractivity contribution in [1.82, 2.24) is 0 Å². The number of allylic oxidation sites excluding steroid dienone is 1. The molecule has 2 nitrogen and oxygen atoms in total. The van der Waals surface area contributed by atoms with Crippen molar-refractivity contribution in [2.24, 2.45) is 0 Å². The van der Waals surface area contributed by atoms with Crippen molar-refractivity contribution in [2.45, 2.75) is 6.92 Å². The molecule has 0 aromatic heterocycles. The molecule has 0 aliphatic rings. The largest absolute Gasteiger partial charge is 0.298 e. The Balaban J connectivity index is 3.04. The number of carbonyl (C=O) groups is 1. The second kappa shape index (κ2) is 4.22. The minimum absolute atomic E-state index is 0.604. The molecule has 0 aliphatic carbocycles. The van der Waals surface area contributed by atoms with Crippen molar-refractivity contribution in [2.75, 3.05) is 0 Å². The molecule has 64 valence electrons. The molecule has 0 saturated carbocycles. The first-order valence-corrected chi connectivity index (χ1v) is 3.90. The molecule has 1 aromatic rings. The van der Waals surface area contributed by atoms with Gasteiger partial charge in [0.25, 0.3) is 0 Å². The maximum atomic E-state index is 10.3. The lowest BCUT2D eigenvalue weighted by molar-refractivity contribution is -0.104. The van der Waals surface area contributed by atoms with Crippen LogP contribution in [0.25, 0.3) is 6.08 Å². The van der Waals surface area contributed by atoms with E-state index in [0.29, 0.717) is 11.1 Å². The third kappa shape index (κ3) is 2.57. The quantitative estimate of drug-likeness (QED) is 0.505. The van der Waals surface area contributed by atoms with E-state index in [4.69, 9.17) is 5.26 Å². The summed E-state index contributed by atoms with van der Waals surface area (Å²) in [5.41, 5.74) is 2.13. The number of nitrogens with zero attached hydrogens (tertiary/aromatic N) is 1. The molecule has 0 fully saturated rings. The van der Waals surface area contributed by atoms with Gasteiger partial charge in [0.1, 0.15) is 6.29 Å². The number of carbonyl (C=O) groups excluding carboxylic acids is 1. The second-order valence-electron chi connectivity index (χ2n) is 2.74. The van der Waals surface area contributed by atoms with Crippen molar-refractivity contribution in [3.05, 3.63) is 41.0 Å². The predicted molar refractivity (Wildman–Crippen MR) is 50.9 cm³/mol. The Hall–Kier alpha value is -1.88. The molecular weight excluding hydrogens is 162 g/mol. The van der Waals surface area contributed by atoms with Crippen LogP contribution in [-0.4, -0.2) is 6.29 Å². The Kier molecular flexibility index (Phi) is 2.99. The highest BCUT2D eigenvalue weighted by molar-refractivity contribution is 5.80. The fourth-order valence-corrected chi connectivity index (χ4v) is 0.995. The van der Waals surface area contributed by atoms with Crippen LogP contribution >= 0.6 is 0 Å². The molecule has 1 aromatic carbocycles. The highest BCUT2D eigenvalue weighted by Gasteiger charge is 1.92. The van der Waals surface area contributed by atoms with Crippen LogP contribution in [0.2, 0.25) is 0 Å². The first kappa shape index (κ1) is 9.21. The lowest BCUT2D eigenvalue weighted by Gasteiger charge is -1.94. The summed E-state index contributed by atoms with van der Waals surface area (Å²) in [7, 11) is 0. The van der Waals surface area contributed by atoms with Crippen LogP contribution in [0.1, 0.15) is 18.1 Å². The summed E-state index contributed by atoms with van der Waals surface area (Å²) in [5.74, 6) is 0. The summed E-state index contributed by atoms with van der Waals surface area (Å²) in [5, 5.41) is 8.61. The van der Waals surface area contributed by atoms with Crippen LogP contribution in [0.4, 0.5) is 0 Å². The number of nitriles is 1. The zero-order valence-corrected chi connectivity index (χ0v) is 7.32. The average Bonchev–Trinajstić information content (AvgIpc) is 2.18. The van der Waals surface area contributed by atoms with E-state index < -0.39 is 0 Å². The Morgan fingerprint density at radius 2 is 2.31 bits per heavy atom. The molecule has 0 saturated heterocycles. The Labute approximate surface area is 77.1 Å². The Bertz CT molecular complexity index is 385. The van der Waals surface area contributed by atoms with E-state index in [-0.39, 0.29) is 0 Å². The van der Waals surface area contributed by atoms with Crippen LogP contribution in [0.3, 0.4) is 0 Å². The molecule has 0 radical (unpaired) electrons.